The maximum atomic E-state index is 13.5. The van der Waals surface area contributed by atoms with Gasteiger partial charge < -0.3 is 9.80 Å². The van der Waals surface area contributed by atoms with E-state index in [1.165, 1.54) is 0 Å². The number of rotatable bonds is 3. The predicted octanol–water partition coefficient (Wildman–Crippen LogP) is 3.68. The number of benzene rings is 2. The standard InChI is InChI=1S/C20H22F2N2O2S.ClH/c1-23-9-7-15(8-10-23)24-11-6-14-12-16(3-5-20(14)24)27(25,26)17-2-4-18(21)19(22)13-17;/h2-5,12-13,15H,6-11H2,1H3;1H. The molecule has 0 atom stereocenters. The topological polar surface area (TPSA) is 40.6 Å². The molecule has 0 spiro atoms. The van der Waals surface area contributed by atoms with Crippen LogP contribution in [0.1, 0.15) is 18.4 Å². The SMILES string of the molecule is CN1CCC(N2CCc3cc(S(=O)(=O)c4ccc(F)c(F)c4)ccc32)CC1.Cl. The smallest absolute Gasteiger partial charge is 0.206 e. The van der Waals surface area contributed by atoms with E-state index in [1.807, 2.05) is 6.07 Å². The van der Waals surface area contributed by atoms with Gasteiger partial charge in [0.05, 0.1) is 9.79 Å². The van der Waals surface area contributed by atoms with Crippen LogP contribution in [-0.4, -0.2) is 46.0 Å². The average Bonchev–Trinajstić information content (AvgIpc) is 3.08. The van der Waals surface area contributed by atoms with Gasteiger partial charge in [0, 0.05) is 18.3 Å². The van der Waals surface area contributed by atoms with Gasteiger partial charge in [-0.15, -0.1) is 12.4 Å². The number of hydrogen-bond acceptors (Lipinski definition) is 4. The molecule has 1 fully saturated rings. The summed E-state index contributed by atoms with van der Waals surface area (Å²) in [7, 11) is -1.75. The normalized spacial score (nSPS) is 18.0. The first-order valence-electron chi connectivity index (χ1n) is 9.14. The van der Waals surface area contributed by atoms with Crippen molar-refractivity contribution in [3.63, 3.8) is 0 Å². The number of piperidine rings is 1. The van der Waals surface area contributed by atoms with E-state index in [1.54, 1.807) is 12.1 Å². The predicted molar refractivity (Wildman–Crippen MR) is 107 cm³/mol. The Labute approximate surface area is 170 Å². The molecule has 0 aromatic heterocycles. The van der Waals surface area contributed by atoms with Crippen LogP contribution in [0.5, 0.6) is 0 Å². The summed E-state index contributed by atoms with van der Waals surface area (Å²) in [6.45, 7) is 3.02. The molecule has 2 aliphatic heterocycles. The third-order valence-corrected chi connectivity index (χ3v) is 7.37. The number of sulfone groups is 1. The maximum Gasteiger partial charge on any atom is 0.206 e. The van der Waals surface area contributed by atoms with Crippen molar-refractivity contribution in [3.8, 4) is 0 Å². The van der Waals surface area contributed by atoms with Gasteiger partial charge in [-0.3, -0.25) is 0 Å². The molecule has 4 nitrogen and oxygen atoms in total. The molecule has 2 aliphatic rings. The molecular formula is C20H23ClF2N2O2S. The highest BCUT2D eigenvalue weighted by Crippen LogP contribution is 2.35. The quantitative estimate of drug-likeness (QED) is 0.699. The van der Waals surface area contributed by atoms with Gasteiger partial charge in [0.15, 0.2) is 11.6 Å². The molecule has 1 saturated heterocycles. The highest BCUT2D eigenvalue weighted by Gasteiger charge is 2.30. The number of halogens is 3. The molecule has 28 heavy (non-hydrogen) atoms. The van der Waals surface area contributed by atoms with Crippen LogP contribution >= 0.6 is 12.4 Å². The molecule has 0 amide bonds. The average molecular weight is 429 g/mol. The fraction of sp³-hybridized carbons (Fsp3) is 0.400. The Balaban J connectivity index is 0.00000225. The first-order chi connectivity index (χ1) is 12.9. The van der Waals surface area contributed by atoms with Crippen molar-refractivity contribution in [2.24, 2.45) is 0 Å². The zero-order valence-electron chi connectivity index (χ0n) is 15.6. The zero-order chi connectivity index (χ0) is 19.2. The summed E-state index contributed by atoms with van der Waals surface area (Å²) < 4.78 is 52.2. The Kier molecular flexibility index (Phi) is 5.98. The van der Waals surface area contributed by atoms with E-state index in [0.29, 0.717) is 6.04 Å². The lowest BCUT2D eigenvalue weighted by Crippen LogP contribution is -2.43. The fourth-order valence-corrected chi connectivity index (χ4v) is 5.36. The fourth-order valence-electron chi connectivity index (χ4n) is 4.04. The van der Waals surface area contributed by atoms with Gasteiger partial charge in [-0.1, -0.05) is 0 Å². The van der Waals surface area contributed by atoms with E-state index in [-0.39, 0.29) is 22.2 Å². The van der Waals surface area contributed by atoms with E-state index in [2.05, 4.69) is 16.8 Å². The number of hydrogen-bond donors (Lipinski definition) is 0. The van der Waals surface area contributed by atoms with Crippen LogP contribution in [0.15, 0.2) is 46.2 Å². The van der Waals surface area contributed by atoms with Gasteiger partial charge in [0.2, 0.25) is 9.84 Å². The van der Waals surface area contributed by atoms with Crippen molar-refractivity contribution in [2.45, 2.75) is 35.1 Å². The summed E-state index contributed by atoms with van der Waals surface area (Å²) in [5.41, 5.74) is 2.09. The van der Waals surface area contributed by atoms with Crippen LogP contribution < -0.4 is 4.90 Å². The molecule has 0 radical (unpaired) electrons. The first kappa shape index (κ1) is 21.0. The molecule has 0 N–H and O–H groups in total. The molecule has 2 aromatic carbocycles. The van der Waals surface area contributed by atoms with Gasteiger partial charge in [-0.2, -0.15) is 0 Å². The highest BCUT2D eigenvalue weighted by molar-refractivity contribution is 7.91. The molecular weight excluding hydrogens is 406 g/mol. The van der Waals surface area contributed by atoms with Crippen molar-refractivity contribution in [3.05, 3.63) is 53.6 Å². The van der Waals surface area contributed by atoms with Crippen molar-refractivity contribution < 1.29 is 17.2 Å². The van der Waals surface area contributed by atoms with Crippen LogP contribution in [0, 0.1) is 11.6 Å². The van der Waals surface area contributed by atoms with E-state index in [4.69, 9.17) is 0 Å². The summed E-state index contributed by atoms with van der Waals surface area (Å²) in [5, 5.41) is 0. The van der Waals surface area contributed by atoms with E-state index < -0.39 is 21.5 Å². The van der Waals surface area contributed by atoms with Crippen LogP contribution in [0.2, 0.25) is 0 Å². The van der Waals surface area contributed by atoms with Gasteiger partial charge in [0.25, 0.3) is 0 Å². The van der Waals surface area contributed by atoms with Crippen LogP contribution in [0.4, 0.5) is 14.5 Å². The van der Waals surface area contributed by atoms with Crippen molar-refractivity contribution >= 4 is 27.9 Å². The summed E-state index contributed by atoms with van der Waals surface area (Å²) >= 11 is 0. The third kappa shape index (κ3) is 3.75. The Hall–Kier alpha value is -1.70. The lowest BCUT2D eigenvalue weighted by molar-refractivity contribution is 0.251. The van der Waals surface area contributed by atoms with Crippen molar-refractivity contribution in [2.75, 3.05) is 31.6 Å². The van der Waals surface area contributed by atoms with Crippen LogP contribution in [-0.2, 0) is 16.3 Å². The lowest BCUT2D eigenvalue weighted by atomic mass is 10.0. The lowest BCUT2D eigenvalue weighted by Gasteiger charge is -2.36. The zero-order valence-corrected chi connectivity index (χ0v) is 17.2. The number of nitrogens with zero attached hydrogens (tertiary/aromatic N) is 2. The summed E-state index contributed by atoms with van der Waals surface area (Å²) in [5.74, 6) is -2.22. The van der Waals surface area contributed by atoms with Gasteiger partial charge in [-0.25, -0.2) is 17.2 Å². The Bertz CT molecular complexity index is 976. The van der Waals surface area contributed by atoms with E-state index in [0.717, 1.165) is 68.3 Å². The summed E-state index contributed by atoms with van der Waals surface area (Å²) in [4.78, 5) is 4.60. The Morgan fingerprint density at radius 1 is 0.929 bits per heavy atom. The van der Waals surface area contributed by atoms with E-state index in [9.17, 15) is 17.2 Å². The number of likely N-dealkylation sites (tertiary alicyclic amines) is 1. The van der Waals surface area contributed by atoms with Crippen LogP contribution in [0.25, 0.3) is 0 Å². The minimum atomic E-state index is -3.88. The Morgan fingerprint density at radius 2 is 1.57 bits per heavy atom. The third-order valence-electron chi connectivity index (χ3n) is 5.62. The second kappa shape index (κ2) is 7.97. The van der Waals surface area contributed by atoms with Crippen molar-refractivity contribution in [1.82, 2.24) is 4.90 Å². The minimum absolute atomic E-state index is 0. The number of fused-ring (bicyclic) bond motifs is 1. The molecule has 0 bridgehead atoms. The van der Waals surface area contributed by atoms with Crippen LogP contribution in [0.3, 0.4) is 0 Å². The highest BCUT2D eigenvalue weighted by atomic mass is 35.5. The molecule has 152 valence electrons. The van der Waals surface area contributed by atoms with Gasteiger partial charge >= 0.3 is 0 Å². The molecule has 2 heterocycles. The second-order valence-corrected chi connectivity index (χ2v) is 9.30. The monoisotopic (exact) mass is 428 g/mol. The molecule has 2 aromatic rings. The molecule has 0 aliphatic carbocycles. The van der Waals surface area contributed by atoms with Crippen molar-refractivity contribution in [1.29, 1.82) is 0 Å². The van der Waals surface area contributed by atoms with Gasteiger partial charge in [0.1, 0.15) is 0 Å². The molecule has 8 heteroatoms. The number of anilines is 1. The first-order valence-corrected chi connectivity index (χ1v) is 10.6. The van der Waals surface area contributed by atoms with Gasteiger partial charge in [-0.05, 0) is 81.4 Å². The Morgan fingerprint density at radius 3 is 2.25 bits per heavy atom. The summed E-state index contributed by atoms with van der Waals surface area (Å²) in [6, 6.07) is 8.28. The molecule has 0 saturated carbocycles. The largest absolute Gasteiger partial charge is 0.368 e. The second-order valence-electron chi connectivity index (χ2n) is 7.35. The molecule has 4 rings (SSSR count). The molecule has 0 unspecified atom stereocenters. The van der Waals surface area contributed by atoms with E-state index >= 15 is 0 Å². The minimum Gasteiger partial charge on any atom is -0.368 e. The summed E-state index contributed by atoms with van der Waals surface area (Å²) in [6.07, 6.45) is 3.00. The maximum absolute atomic E-state index is 13.5.